The highest BCUT2D eigenvalue weighted by Crippen LogP contribution is 2.08. The van der Waals surface area contributed by atoms with Crippen LogP contribution in [0.3, 0.4) is 0 Å². The number of piperazine rings is 1. The van der Waals surface area contributed by atoms with Crippen LogP contribution in [-0.4, -0.2) is 55.0 Å². The second-order valence-corrected chi connectivity index (χ2v) is 4.29. The van der Waals surface area contributed by atoms with Gasteiger partial charge in [-0.15, -0.1) is 0 Å². The fourth-order valence-corrected chi connectivity index (χ4v) is 2.12. The molecule has 4 heteroatoms. The van der Waals surface area contributed by atoms with Crippen molar-refractivity contribution in [1.29, 1.82) is 0 Å². The molecule has 1 aromatic carbocycles. The van der Waals surface area contributed by atoms with Crippen LogP contribution in [0.5, 0.6) is 0 Å². The van der Waals surface area contributed by atoms with Crippen molar-refractivity contribution in [3.8, 4) is 0 Å². The van der Waals surface area contributed by atoms with Crippen molar-refractivity contribution in [2.45, 2.75) is 13.8 Å². The van der Waals surface area contributed by atoms with Crippen molar-refractivity contribution in [3.63, 3.8) is 0 Å². The minimum atomic E-state index is 0.137. The van der Waals surface area contributed by atoms with Gasteiger partial charge >= 0.3 is 0 Å². The molecule has 1 amide bonds. The van der Waals surface area contributed by atoms with Gasteiger partial charge in [0.05, 0.1) is 0 Å². The number of carbonyl (C=O) groups excluding carboxylic acids is 1. The number of nitrogens with zero attached hydrogens (tertiary/aromatic N) is 2. The number of carbonyl (C=O) groups is 1. The Morgan fingerprint density at radius 1 is 1.11 bits per heavy atom. The molecule has 1 heterocycles. The van der Waals surface area contributed by atoms with Gasteiger partial charge in [-0.1, -0.05) is 32.0 Å². The van der Waals surface area contributed by atoms with Gasteiger partial charge in [-0.25, -0.2) is 0 Å². The first kappa shape index (κ1) is 15.7. The zero-order valence-electron chi connectivity index (χ0n) is 12.0. The van der Waals surface area contributed by atoms with Gasteiger partial charge in [-0.3, -0.25) is 9.69 Å². The quantitative estimate of drug-likeness (QED) is 0.897. The lowest BCUT2D eigenvalue weighted by Crippen LogP contribution is -2.49. The third-order valence-corrected chi connectivity index (χ3v) is 3.13. The van der Waals surface area contributed by atoms with E-state index in [0.717, 1.165) is 38.3 Å². The van der Waals surface area contributed by atoms with Crippen LogP contribution in [0.4, 0.5) is 0 Å². The van der Waals surface area contributed by atoms with Crippen LogP contribution >= 0.6 is 0 Å². The fourth-order valence-electron chi connectivity index (χ4n) is 2.12. The third-order valence-electron chi connectivity index (χ3n) is 3.13. The summed E-state index contributed by atoms with van der Waals surface area (Å²) in [4.78, 5) is 16.4. The SMILES string of the molecule is CC.NCCN1CCN(C(=O)c2ccccc2)CC1. The topological polar surface area (TPSA) is 49.6 Å². The van der Waals surface area contributed by atoms with Crippen LogP contribution in [0.25, 0.3) is 0 Å². The molecule has 106 valence electrons. The molecule has 0 aliphatic carbocycles. The van der Waals surface area contributed by atoms with Crippen LogP contribution in [-0.2, 0) is 0 Å². The minimum absolute atomic E-state index is 0.137. The highest BCUT2D eigenvalue weighted by atomic mass is 16.2. The van der Waals surface area contributed by atoms with Crippen molar-refractivity contribution >= 4 is 5.91 Å². The summed E-state index contributed by atoms with van der Waals surface area (Å²) in [5.41, 5.74) is 6.30. The standard InChI is InChI=1S/C13H19N3O.C2H6/c14-6-7-15-8-10-16(11-9-15)13(17)12-4-2-1-3-5-12;1-2/h1-5H,6-11,14H2;1-2H3. The summed E-state index contributed by atoms with van der Waals surface area (Å²) in [6.07, 6.45) is 0. The van der Waals surface area contributed by atoms with Crippen LogP contribution in [0.15, 0.2) is 30.3 Å². The Balaban J connectivity index is 0.000000861. The van der Waals surface area contributed by atoms with Crippen LogP contribution in [0.2, 0.25) is 0 Å². The third kappa shape index (κ3) is 4.65. The molecule has 1 fully saturated rings. The lowest BCUT2D eigenvalue weighted by Gasteiger charge is -2.34. The first-order valence-corrected chi connectivity index (χ1v) is 7.08. The van der Waals surface area contributed by atoms with Gasteiger partial charge in [-0.2, -0.15) is 0 Å². The zero-order chi connectivity index (χ0) is 14.1. The Morgan fingerprint density at radius 2 is 1.68 bits per heavy atom. The molecule has 0 saturated carbocycles. The molecule has 1 saturated heterocycles. The van der Waals surface area contributed by atoms with Crippen molar-refractivity contribution in [3.05, 3.63) is 35.9 Å². The minimum Gasteiger partial charge on any atom is -0.336 e. The van der Waals surface area contributed by atoms with Gasteiger partial charge in [0.2, 0.25) is 0 Å². The molecule has 0 spiro atoms. The van der Waals surface area contributed by atoms with E-state index in [1.807, 2.05) is 49.1 Å². The maximum atomic E-state index is 12.1. The second kappa shape index (κ2) is 8.67. The van der Waals surface area contributed by atoms with Gasteiger partial charge in [0.1, 0.15) is 0 Å². The first-order valence-electron chi connectivity index (χ1n) is 7.08. The molecule has 0 radical (unpaired) electrons. The zero-order valence-corrected chi connectivity index (χ0v) is 12.0. The second-order valence-electron chi connectivity index (χ2n) is 4.29. The summed E-state index contributed by atoms with van der Waals surface area (Å²) in [5.74, 6) is 0.137. The number of hydrogen-bond acceptors (Lipinski definition) is 3. The summed E-state index contributed by atoms with van der Waals surface area (Å²) in [6.45, 7) is 9.06. The van der Waals surface area contributed by atoms with Gasteiger partial charge in [0.25, 0.3) is 5.91 Å². The van der Waals surface area contributed by atoms with E-state index in [0.29, 0.717) is 6.54 Å². The summed E-state index contributed by atoms with van der Waals surface area (Å²) in [5, 5.41) is 0. The van der Waals surface area contributed by atoms with E-state index < -0.39 is 0 Å². The maximum Gasteiger partial charge on any atom is 0.253 e. The van der Waals surface area contributed by atoms with Gasteiger partial charge in [0.15, 0.2) is 0 Å². The van der Waals surface area contributed by atoms with Crippen LogP contribution < -0.4 is 5.73 Å². The highest BCUT2D eigenvalue weighted by molar-refractivity contribution is 5.94. The van der Waals surface area contributed by atoms with Crippen molar-refractivity contribution in [2.75, 3.05) is 39.3 Å². The molecular weight excluding hydrogens is 238 g/mol. The Bertz CT molecular complexity index is 359. The van der Waals surface area contributed by atoms with Crippen molar-refractivity contribution in [2.24, 2.45) is 5.73 Å². The molecular formula is C15H25N3O. The summed E-state index contributed by atoms with van der Waals surface area (Å²) in [6, 6.07) is 9.47. The smallest absolute Gasteiger partial charge is 0.253 e. The molecule has 2 N–H and O–H groups in total. The Morgan fingerprint density at radius 3 is 2.21 bits per heavy atom. The van der Waals surface area contributed by atoms with E-state index in [1.54, 1.807) is 0 Å². The molecule has 0 unspecified atom stereocenters. The van der Waals surface area contributed by atoms with E-state index in [-0.39, 0.29) is 5.91 Å². The van der Waals surface area contributed by atoms with Gasteiger partial charge in [-0.05, 0) is 12.1 Å². The number of rotatable bonds is 3. The van der Waals surface area contributed by atoms with E-state index in [2.05, 4.69) is 4.90 Å². The fraction of sp³-hybridized carbons (Fsp3) is 0.533. The van der Waals surface area contributed by atoms with Crippen LogP contribution in [0.1, 0.15) is 24.2 Å². The molecule has 0 atom stereocenters. The summed E-state index contributed by atoms with van der Waals surface area (Å²) < 4.78 is 0. The van der Waals surface area contributed by atoms with Gasteiger partial charge in [0, 0.05) is 44.8 Å². The molecule has 19 heavy (non-hydrogen) atoms. The Labute approximate surface area is 116 Å². The van der Waals surface area contributed by atoms with E-state index >= 15 is 0 Å². The van der Waals surface area contributed by atoms with Crippen molar-refractivity contribution in [1.82, 2.24) is 9.80 Å². The van der Waals surface area contributed by atoms with E-state index in [9.17, 15) is 4.79 Å². The monoisotopic (exact) mass is 263 g/mol. The summed E-state index contributed by atoms with van der Waals surface area (Å²) in [7, 11) is 0. The number of benzene rings is 1. The Hall–Kier alpha value is -1.39. The van der Waals surface area contributed by atoms with Crippen LogP contribution in [0, 0.1) is 0 Å². The largest absolute Gasteiger partial charge is 0.336 e. The molecule has 2 rings (SSSR count). The molecule has 4 nitrogen and oxygen atoms in total. The first-order chi connectivity index (χ1) is 9.31. The lowest BCUT2D eigenvalue weighted by molar-refractivity contribution is 0.0641. The highest BCUT2D eigenvalue weighted by Gasteiger charge is 2.21. The average molecular weight is 263 g/mol. The number of hydrogen-bond donors (Lipinski definition) is 1. The molecule has 1 aliphatic heterocycles. The van der Waals surface area contributed by atoms with E-state index in [4.69, 9.17) is 5.73 Å². The maximum absolute atomic E-state index is 12.1. The normalized spacial score (nSPS) is 15.6. The molecule has 0 bridgehead atoms. The molecule has 0 aromatic heterocycles. The molecule has 1 aliphatic rings. The number of amides is 1. The summed E-state index contributed by atoms with van der Waals surface area (Å²) >= 11 is 0. The average Bonchev–Trinajstić information content (AvgIpc) is 2.51. The molecule has 1 aromatic rings. The van der Waals surface area contributed by atoms with Crippen molar-refractivity contribution < 1.29 is 4.79 Å². The lowest BCUT2D eigenvalue weighted by atomic mass is 10.2. The van der Waals surface area contributed by atoms with E-state index in [1.165, 1.54) is 0 Å². The Kier molecular flexibility index (Phi) is 7.15. The predicted octanol–water partition coefficient (Wildman–Crippen LogP) is 1.43. The van der Waals surface area contributed by atoms with Gasteiger partial charge < -0.3 is 10.6 Å². The predicted molar refractivity (Wildman–Crippen MR) is 79.2 cm³/mol. The number of nitrogens with two attached hydrogens (primary N) is 1.